The number of rotatable bonds is 4. The number of H-pyrrole nitrogens is 1. The fraction of sp³-hybridized carbons (Fsp3) is 0.0526. The van der Waals surface area contributed by atoms with E-state index in [9.17, 15) is 0 Å². The fourth-order valence-electron chi connectivity index (χ4n) is 2.64. The first-order chi connectivity index (χ1) is 11.4. The maximum atomic E-state index is 4.22. The molecule has 2 N–H and O–H groups in total. The highest BCUT2D eigenvalue weighted by molar-refractivity contribution is 5.84. The molecule has 0 fully saturated rings. The van der Waals surface area contributed by atoms with Crippen LogP contribution in [0, 0.1) is 0 Å². The summed E-state index contributed by atoms with van der Waals surface area (Å²) in [6, 6.07) is 21.0. The lowest BCUT2D eigenvalue weighted by atomic mass is 10.0. The Kier molecular flexibility index (Phi) is 3.48. The number of benzene rings is 2. The predicted molar refractivity (Wildman–Crippen MR) is 93.1 cm³/mol. The smallest absolute Gasteiger partial charge is 0.179 e. The van der Waals surface area contributed by atoms with Gasteiger partial charge in [0.15, 0.2) is 5.65 Å². The Bertz CT molecular complexity index is 911. The Morgan fingerprint density at radius 2 is 1.61 bits per heavy atom. The zero-order valence-electron chi connectivity index (χ0n) is 12.5. The highest BCUT2D eigenvalue weighted by Gasteiger charge is 2.03. The van der Waals surface area contributed by atoms with Gasteiger partial charge in [-0.3, -0.25) is 0 Å². The molecule has 0 atom stereocenters. The minimum Gasteiger partial charge on any atom is -0.379 e. The summed E-state index contributed by atoms with van der Waals surface area (Å²) in [4.78, 5) is 11.5. The summed E-state index contributed by atoms with van der Waals surface area (Å²) in [5.41, 5.74) is 6.38. The van der Waals surface area contributed by atoms with Crippen molar-refractivity contribution in [1.29, 1.82) is 0 Å². The van der Waals surface area contributed by atoms with Gasteiger partial charge in [0.25, 0.3) is 0 Å². The van der Waals surface area contributed by atoms with Crippen LogP contribution in [0.25, 0.3) is 22.3 Å². The number of anilines is 1. The van der Waals surface area contributed by atoms with Gasteiger partial charge in [0.1, 0.15) is 5.52 Å². The molecule has 0 radical (unpaired) electrons. The fourth-order valence-corrected chi connectivity index (χ4v) is 2.64. The molecular formula is C19H16N4. The summed E-state index contributed by atoms with van der Waals surface area (Å²) < 4.78 is 0. The minimum absolute atomic E-state index is 0.731. The van der Waals surface area contributed by atoms with Gasteiger partial charge in [-0.25, -0.2) is 9.97 Å². The molecule has 2 aromatic heterocycles. The van der Waals surface area contributed by atoms with Crippen LogP contribution in [0.15, 0.2) is 73.2 Å². The van der Waals surface area contributed by atoms with Crippen molar-refractivity contribution < 1.29 is 0 Å². The summed E-state index contributed by atoms with van der Waals surface area (Å²) in [7, 11) is 0. The summed E-state index contributed by atoms with van der Waals surface area (Å²) in [5, 5.41) is 3.44. The van der Waals surface area contributed by atoms with Crippen molar-refractivity contribution >= 4 is 16.9 Å². The molecule has 0 saturated heterocycles. The third kappa shape index (κ3) is 2.79. The number of hydrogen-bond acceptors (Lipinski definition) is 3. The van der Waals surface area contributed by atoms with Crippen LogP contribution in [0.3, 0.4) is 0 Å². The molecule has 0 aliphatic heterocycles. The summed E-state index contributed by atoms with van der Waals surface area (Å²) in [5.74, 6) is 0. The molecule has 0 bridgehead atoms. The quantitative estimate of drug-likeness (QED) is 0.593. The summed E-state index contributed by atoms with van der Waals surface area (Å²) >= 11 is 0. The molecule has 0 unspecified atom stereocenters. The molecule has 23 heavy (non-hydrogen) atoms. The minimum atomic E-state index is 0.731. The van der Waals surface area contributed by atoms with Gasteiger partial charge in [0.2, 0.25) is 0 Å². The maximum absolute atomic E-state index is 4.22. The number of hydrogen-bond donors (Lipinski definition) is 2. The van der Waals surface area contributed by atoms with Gasteiger partial charge in [-0.05, 0) is 22.8 Å². The molecular weight excluding hydrogens is 284 g/mol. The van der Waals surface area contributed by atoms with Crippen LogP contribution in [0.4, 0.5) is 5.69 Å². The van der Waals surface area contributed by atoms with Gasteiger partial charge in [0.05, 0.1) is 12.0 Å². The molecule has 0 spiro atoms. The van der Waals surface area contributed by atoms with Crippen molar-refractivity contribution in [2.24, 2.45) is 0 Å². The number of aromatic nitrogens is 3. The van der Waals surface area contributed by atoms with Gasteiger partial charge in [0, 0.05) is 12.7 Å². The van der Waals surface area contributed by atoms with E-state index in [2.05, 4.69) is 68.8 Å². The van der Waals surface area contributed by atoms with E-state index in [-0.39, 0.29) is 0 Å². The highest BCUT2D eigenvalue weighted by atomic mass is 15.0. The molecule has 2 aromatic carbocycles. The monoisotopic (exact) mass is 300 g/mol. The largest absolute Gasteiger partial charge is 0.379 e. The van der Waals surface area contributed by atoms with E-state index in [1.165, 1.54) is 16.7 Å². The Labute approximate surface area is 134 Å². The molecule has 4 nitrogen and oxygen atoms in total. The number of aromatic amines is 1. The number of nitrogens with zero attached hydrogens (tertiary/aromatic N) is 2. The van der Waals surface area contributed by atoms with E-state index < -0.39 is 0 Å². The standard InChI is InChI=1S/C19H16N4/c1-2-4-15(5-3-1)16-8-6-14(7-9-16)12-21-17-10-11-20-19-18(17)22-13-23-19/h1-11,13H,12H2,(H2,20,21,22,23). The normalized spacial score (nSPS) is 10.8. The maximum Gasteiger partial charge on any atom is 0.179 e. The average Bonchev–Trinajstić information content (AvgIpc) is 3.10. The topological polar surface area (TPSA) is 53.6 Å². The molecule has 112 valence electrons. The molecule has 0 aliphatic rings. The second-order valence-electron chi connectivity index (χ2n) is 5.38. The number of fused-ring (bicyclic) bond motifs is 1. The van der Waals surface area contributed by atoms with Crippen LogP contribution < -0.4 is 5.32 Å². The lowest BCUT2D eigenvalue weighted by molar-refractivity contribution is 1.15. The number of imidazole rings is 1. The van der Waals surface area contributed by atoms with E-state index in [0.29, 0.717) is 0 Å². The molecule has 4 rings (SSSR count). The summed E-state index contributed by atoms with van der Waals surface area (Å²) in [6.45, 7) is 0.757. The third-order valence-electron chi connectivity index (χ3n) is 3.87. The average molecular weight is 300 g/mol. The molecule has 0 saturated carbocycles. The zero-order chi connectivity index (χ0) is 15.5. The van der Waals surface area contributed by atoms with E-state index in [4.69, 9.17) is 0 Å². The first-order valence-corrected chi connectivity index (χ1v) is 7.56. The van der Waals surface area contributed by atoms with Crippen molar-refractivity contribution in [3.8, 4) is 11.1 Å². The molecule has 2 heterocycles. The van der Waals surface area contributed by atoms with Gasteiger partial charge in [-0.15, -0.1) is 0 Å². The highest BCUT2D eigenvalue weighted by Crippen LogP contribution is 2.21. The Balaban J connectivity index is 1.50. The van der Waals surface area contributed by atoms with Crippen molar-refractivity contribution in [2.75, 3.05) is 5.32 Å². The van der Waals surface area contributed by atoms with Crippen LogP contribution in [-0.4, -0.2) is 15.0 Å². The van der Waals surface area contributed by atoms with Crippen molar-refractivity contribution in [3.05, 3.63) is 78.8 Å². The lowest BCUT2D eigenvalue weighted by Gasteiger charge is -2.08. The Hall–Kier alpha value is -3.14. The predicted octanol–water partition coefficient (Wildman–Crippen LogP) is 4.24. The Morgan fingerprint density at radius 1 is 0.826 bits per heavy atom. The number of pyridine rings is 1. The number of nitrogens with one attached hydrogen (secondary N) is 2. The Morgan fingerprint density at radius 3 is 2.43 bits per heavy atom. The van der Waals surface area contributed by atoms with Crippen molar-refractivity contribution in [1.82, 2.24) is 15.0 Å². The lowest BCUT2D eigenvalue weighted by Crippen LogP contribution is -2.00. The van der Waals surface area contributed by atoms with Crippen LogP contribution >= 0.6 is 0 Å². The van der Waals surface area contributed by atoms with E-state index in [1.54, 1.807) is 12.5 Å². The van der Waals surface area contributed by atoms with E-state index in [1.807, 2.05) is 12.1 Å². The van der Waals surface area contributed by atoms with E-state index in [0.717, 1.165) is 23.4 Å². The third-order valence-corrected chi connectivity index (χ3v) is 3.87. The molecule has 0 amide bonds. The van der Waals surface area contributed by atoms with Crippen LogP contribution in [0.2, 0.25) is 0 Å². The SMILES string of the molecule is c1ccc(-c2ccc(CNc3ccnc4nc[nH]c34)cc2)cc1. The van der Waals surface area contributed by atoms with Crippen molar-refractivity contribution in [3.63, 3.8) is 0 Å². The zero-order valence-corrected chi connectivity index (χ0v) is 12.5. The molecule has 4 aromatic rings. The molecule has 4 heteroatoms. The second kappa shape index (κ2) is 5.93. The van der Waals surface area contributed by atoms with Crippen LogP contribution in [0.5, 0.6) is 0 Å². The van der Waals surface area contributed by atoms with Crippen LogP contribution in [0.1, 0.15) is 5.56 Å². The van der Waals surface area contributed by atoms with Gasteiger partial charge in [-0.1, -0.05) is 54.6 Å². The van der Waals surface area contributed by atoms with Crippen molar-refractivity contribution in [2.45, 2.75) is 6.54 Å². The first kappa shape index (κ1) is 13.5. The van der Waals surface area contributed by atoms with Crippen LogP contribution in [-0.2, 0) is 6.54 Å². The van der Waals surface area contributed by atoms with Gasteiger partial charge < -0.3 is 10.3 Å². The van der Waals surface area contributed by atoms with Gasteiger partial charge >= 0.3 is 0 Å². The first-order valence-electron chi connectivity index (χ1n) is 7.56. The summed E-state index contributed by atoms with van der Waals surface area (Å²) in [6.07, 6.45) is 3.43. The van der Waals surface area contributed by atoms with Gasteiger partial charge in [-0.2, -0.15) is 0 Å². The molecule has 0 aliphatic carbocycles. The van der Waals surface area contributed by atoms with E-state index >= 15 is 0 Å². The second-order valence-corrected chi connectivity index (χ2v) is 5.38.